The van der Waals surface area contributed by atoms with Crippen molar-refractivity contribution < 1.29 is 47.6 Å². The summed E-state index contributed by atoms with van der Waals surface area (Å²) in [5, 5.41) is 9.53. The first kappa shape index (κ1) is 15.9. The van der Waals surface area contributed by atoms with E-state index in [4.69, 9.17) is 16.7 Å². The number of aliphatic hydroxyl groups excluding tert-OH is 1. The summed E-state index contributed by atoms with van der Waals surface area (Å²) in [6, 6.07) is 4.05. The molecule has 0 heterocycles. The number of rotatable bonds is 2. The molecule has 15 heavy (non-hydrogen) atoms. The Morgan fingerprint density at radius 3 is 2.40 bits per heavy atom. The molecular weight excluding hydrogens is 318 g/mol. The Balaban J connectivity index is 0.00000196. The molecule has 0 spiro atoms. The maximum absolute atomic E-state index is 10.5. The van der Waals surface area contributed by atoms with Gasteiger partial charge in [-0.2, -0.15) is 0 Å². The first-order valence-corrected chi connectivity index (χ1v) is 6.04. The van der Waals surface area contributed by atoms with Gasteiger partial charge in [-0.1, -0.05) is 33.6 Å². The van der Waals surface area contributed by atoms with Gasteiger partial charge in [0.25, 0.3) is 0 Å². The Labute approximate surface area is 123 Å². The molecule has 0 aliphatic carbocycles. The third-order valence-corrected chi connectivity index (χ3v) is 3.22. The van der Waals surface area contributed by atoms with Gasteiger partial charge in [0.1, 0.15) is 10.1 Å². The molecule has 1 N–H and O–H groups in total. The Bertz CT molecular complexity index is 450. The minimum atomic E-state index is -4.76. The van der Waals surface area contributed by atoms with E-state index in [1.165, 1.54) is 18.2 Å². The maximum Gasteiger partial charge on any atom is 1.00 e. The van der Waals surface area contributed by atoms with E-state index < -0.39 is 15.6 Å². The monoisotopic (exact) mass is 322 g/mol. The van der Waals surface area contributed by atoms with Crippen molar-refractivity contribution in [3.63, 3.8) is 0 Å². The third-order valence-electron chi connectivity index (χ3n) is 1.50. The second kappa shape index (κ2) is 5.97. The quantitative estimate of drug-likeness (QED) is 0.539. The number of halogens is 2. The molecule has 0 aliphatic rings. The Morgan fingerprint density at radius 2 is 2.00 bits per heavy atom. The minimum Gasteiger partial charge on any atom is -0.746 e. The Hall–Kier alpha value is 0.860. The summed E-state index contributed by atoms with van der Waals surface area (Å²) in [6.45, 7) is 0. The zero-order chi connectivity index (χ0) is 10.9. The Kier molecular flexibility index (Phi) is 6.32. The molecule has 8 heteroatoms. The van der Waals surface area contributed by atoms with E-state index in [0.29, 0.717) is 5.02 Å². The van der Waals surface area contributed by atoms with Gasteiger partial charge in [0.15, 0.2) is 5.44 Å². The summed E-state index contributed by atoms with van der Waals surface area (Å²) in [5.74, 6) is 0. The molecular formula is C7H5BrClNaO4S. The molecule has 0 bridgehead atoms. The third kappa shape index (κ3) is 4.32. The van der Waals surface area contributed by atoms with E-state index >= 15 is 0 Å². The predicted molar refractivity (Wildman–Crippen MR) is 53.8 cm³/mol. The molecule has 1 aromatic carbocycles. The van der Waals surface area contributed by atoms with Gasteiger partial charge < -0.3 is 9.66 Å². The van der Waals surface area contributed by atoms with E-state index in [9.17, 15) is 13.0 Å². The van der Waals surface area contributed by atoms with Gasteiger partial charge in [-0.05, 0) is 12.1 Å². The van der Waals surface area contributed by atoms with Crippen LogP contribution in [0.15, 0.2) is 22.7 Å². The summed E-state index contributed by atoms with van der Waals surface area (Å²) < 4.78 is 31.8. The molecule has 0 amide bonds. The van der Waals surface area contributed by atoms with E-state index in [0.717, 1.165) is 0 Å². The fourth-order valence-electron chi connectivity index (χ4n) is 0.857. The van der Waals surface area contributed by atoms with Gasteiger partial charge >= 0.3 is 29.6 Å². The van der Waals surface area contributed by atoms with E-state index in [1.54, 1.807) is 0 Å². The summed E-state index contributed by atoms with van der Waals surface area (Å²) in [6.07, 6.45) is 0. The second-order valence-electron chi connectivity index (χ2n) is 2.51. The van der Waals surface area contributed by atoms with Crippen LogP contribution in [-0.4, -0.2) is 18.1 Å². The van der Waals surface area contributed by atoms with Crippen LogP contribution in [0, 0.1) is 0 Å². The van der Waals surface area contributed by atoms with Crippen LogP contribution in [0.2, 0.25) is 5.02 Å². The molecule has 1 rings (SSSR count). The predicted octanol–water partition coefficient (Wildman–Crippen LogP) is -1.36. The number of aliphatic hydroxyl groups is 1. The van der Waals surface area contributed by atoms with Crippen LogP contribution in [-0.2, 0) is 10.1 Å². The van der Waals surface area contributed by atoms with Crippen molar-refractivity contribution in [2.45, 2.75) is 5.44 Å². The van der Waals surface area contributed by atoms with E-state index in [1.807, 2.05) is 0 Å². The SMILES string of the molecule is O=S(=O)([O-])C(O)c1ccc(Cl)cc1Br.[Na+]. The van der Waals surface area contributed by atoms with Crippen molar-refractivity contribution in [2.24, 2.45) is 0 Å². The fraction of sp³-hybridized carbons (Fsp3) is 0.143. The first-order chi connectivity index (χ1) is 6.32. The van der Waals surface area contributed by atoms with Crippen LogP contribution in [0.25, 0.3) is 0 Å². The molecule has 1 atom stereocenters. The molecule has 4 nitrogen and oxygen atoms in total. The molecule has 1 aromatic rings. The largest absolute Gasteiger partial charge is 1.00 e. The zero-order valence-electron chi connectivity index (χ0n) is 7.65. The topological polar surface area (TPSA) is 77.4 Å². The Morgan fingerprint density at radius 1 is 1.47 bits per heavy atom. The van der Waals surface area contributed by atoms with Gasteiger partial charge in [0, 0.05) is 15.1 Å². The smallest absolute Gasteiger partial charge is 0.746 e. The van der Waals surface area contributed by atoms with Gasteiger partial charge in [0.2, 0.25) is 0 Å². The summed E-state index contributed by atoms with van der Waals surface area (Å²) >= 11 is 8.59. The average Bonchev–Trinajstić information content (AvgIpc) is 2.01. The van der Waals surface area contributed by atoms with E-state index in [-0.39, 0.29) is 39.6 Å². The number of benzene rings is 1. The second-order valence-corrected chi connectivity index (χ2v) is 5.23. The zero-order valence-corrected chi connectivity index (χ0v) is 12.8. The standard InChI is InChI=1S/C7H6BrClO4S.Na/c8-6-3-4(9)1-2-5(6)7(10)14(11,12)13;/h1-3,7,10H,(H,11,12,13);/q;+1/p-1. The van der Waals surface area contributed by atoms with Crippen LogP contribution in [0.3, 0.4) is 0 Å². The van der Waals surface area contributed by atoms with Crippen LogP contribution >= 0.6 is 27.5 Å². The van der Waals surface area contributed by atoms with Crippen LogP contribution in [0.5, 0.6) is 0 Å². The van der Waals surface area contributed by atoms with Crippen molar-refractivity contribution in [3.05, 3.63) is 33.3 Å². The number of hydrogen-bond acceptors (Lipinski definition) is 4. The maximum atomic E-state index is 10.5. The first-order valence-electron chi connectivity index (χ1n) is 3.40. The summed E-state index contributed by atoms with van der Waals surface area (Å²) in [5.41, 5.74) is -2.10. The molecule has 0 fully saturated rings. The van der Waals surface area contributed by atoms with Crippen LogP contribution in [0.4, 0.5) is 0 Å². The van der Waals surface area contributed by atoms with Crippen LogP contribution < -0.4 is 29.6 Å². The van der Waals surface area contributed by atoms with Gasteiger partial charge in [0.05, 0.1) is 0 Å². The van der Waals surface area contributed by atoms with Crippen molar-refractivity contribution >= 4 is 37.6 Å². The average molecular weight is 324 g/mol. The minimum absolute atomic E-state index is 0. The molecule has 0 aliphatic heterocycles. The van der Waals surface area contributed by atoms with E-state index in [2.05, 4.69) is 15.9 Å². The summed E-state index contributed by atoms with van der Waals surface area (Å²) in [7, 11) is -4.76. The molecule has 0 saturated carbocycles. The molecule has 0 saturated heterocycles. The van der Waals surface area contributed by atoms with Gasteiger partial charge in [-0.3, -0.25) is 0 Å². The van der Waals surface area contributed by atoms with Crippen molar-refractivity contribution in [2.75, 3.05) is 0 Å². The summed E-state index contributed by atoms with van der Waals surface area (Å²) in [4.78, 5) is 0. The van der Waals surface area contributed by atoms with Crippen molar-refractivity contribution in [1.82, 2.24) is 0 Å². The molecule has 0 aromatic heterocycles. The van der Waals surface area contributed by atoms with Crippen molar-refractivity contribution in [3.8, 4) is 0 Å². The fourth-order valence-corrected chi connectivity index (χ4v) is 2.42. The molecule has 78 valence electrons. The van der Waals surface area contributed by atoms with Gasteiger partial charge in [-0.25, -0.2) is 8.42 Å². The van der Waals surface area contributed by atoms with Crippen LogP contribution in [0.1, 0.15) is 11.0 Å². The van der Waals surface area contributed by atoms with Gasteiger partial charge in [-0.15, -0.1) is 0 Å². The van der Waals surface area contributed by atoms with Crippen molar-refractivity contribution in [1.29, 1.82) is 0 Å². The molecule has 1 unspecified atom stereocenters. The normalized spacial score (nSPS) is 13.1. The molecule has 0 radical (unpaired) electrons. The number of hydrogen-bond donors (Lipinski definition) is 1.